The molecule has 0 amide bonds. The Balaban J connectivity index is 2.46. The van der Waals surface area contributed by atoms with Gasteiger partial charge in [-0.1, -0.05) is 25.1 Å². The summed E-state index contributed by atoms with van der Waals surface area (Å²) < 4.78 is 0. The van der Waals surface area contributed by atoms with E-state index in [4.69, 9.17) is 4.84 Å². The smallest absolute Gasteiger partial charge is 0.0743 e. The van der Waals surface area contributed by atoms with E-state index in [1.165, 1.54) is 5.56 Å². The van der Waals surface area contributed by atoms with Gasteiger partial charge in [0, 0.05) is 0 Å². The van der Waals surface area contributed by atoms with Gasteiger partial charge in [-0.05, 0) is 25.0 Å². The third-order valence-electron chi connectivity index (χ3n) is 1.63. The molecule has 66 valence electrons. The highest BCUT2D eigenvalue weighted by Gasteiger charge is 1.93. The third-order valence-corrected chi connectivity index (χ3v) is 1.63. The molecule has 0 aliphatic heterocycles. The Morgan fingerprint density at radius 1 is 1.33 bits per heavy atom. The third kappa shape index (κ3) is 2.55. The summed E-state index contributed by atoms with van der Waals surface area (Å²) in [5, 5.41) is 0. The zero-order valence-electron chi connectivity index (χ0n) is 7.63. The highest BCUT2D eigenvalue weighted by molar-refractivity contribution is 5.48. The van der Waals surface area contributed by atoms with Gasteiger partial charge in [-0.15, -0.1) is 0 Å². The molecule has 0 aliphatic carbocycles. The Hall–Kier alpha value is -1.02. The zero-order valence-corrected chi connectivity index (χ0v) is 7.63. The van der Waals surface area contributed by atoms with E-state index in [0.717, 1.165) is 18.7 Å². The monoisotopic (exact) mass is 165 g/mol. The highest BCUT2D eigenvalue weighted by atomic mass is 16.6. The summed E-state index contributed by atoms with van der Waals surface area (Å²) in [5.74, 6) is 0. The summed E-state index contributed by atoms with van der Waals surface area (Å²) in [6, 6.07) is 8.06. The van der Waals surface area contributed by atoms with E-state index in [-0.39, 0.29) is 0 Å². The van der Waals surface area contributed by atoms with Crippen molar-refractivity contribution in [1.29, 1.82) is 0 Å². The maximum Gasteiger partial charge on any atom is 0.0743 e. The molecule has 0 unspecified atom stereocenters. The lowest BCUT2D eigenvalue weighted by molar-refractivity contribution is 0.194. The van der Waals surface area contributed by atoms with Gasteiger partial charge in [0.25, 0.3) is 0 Å². The van der Waals surface area contributed by atoms with E-state index in [2.05, 4.69) is 25.4 Å². The molecule has 1 rings (SSSR count). The van der Waals surface area contributed by atoms with Crippen molar-refractivity contribution < 1.29 is 4.84 Å². The fraction of sp³-hybridized carbons (Fsp3) is 0.400. The quantitative estimate of drug-likeness (QED) is 0.547. The van der Waals surface area contributed by atoms with Gasteiger partial charge in [0.15, 0.2) is 0 Å². The molecule has 1 aromatic rings. The molecule has 0 bridgehead atoms. The molecule has 0 spiro atoms. The van der Waals surface area contributed by atoms with Crippen LogP contribution in [0.5, 0.6) is 0 Å². The molecule has 0 saturated heterocycles. The first-order chi connectivity index (χ1) is 5.84. The van der Waals surface area contributed by atoms with Gasteiger partial charge in [-0.2, -0.15) is 0 Å². The van der Waals surface area contributed by atoms with Crippen molar-refractivity contribution in [2.45, 2.75) is 20.3 Å². The molecule has 0 aromatic heterocycles. The molecule has 2 heteroatoms. The Morgan fingerprint density at radius 2 is 2.08 bits per heavy atom. The van der Waals surface area contributed by atoms with Crippen LogP contribution >= 0.6 is 0 Å². The molecule has 12 heavy (non-hydrogen) atoms. The number of hydrogen-bond acceptors (Lipinski definition) is 2. The molecule has 0 fully saturated rings. The van der Waals surface area contributed by atoms with Crippen LogP contribution in [0.2, 0.25) is 0 Å². The van der Waals surface area contributed by atoms with Crippen LogP contribution in [-0.2, 0) is 4.84 Å². The first-order valence-electron chi connectivity index (χ1n) is 4.28. The van der Waals surface area contributed by atoms with Gasteiger partial charge in [-0.3, -0.25) is 10.3 Å². The second-order valence-electron chi connectivity index (χ2n) is 2.77. The predicted octanol–water partition coefficient (Wildman–Crippen LogP) is 2.75. The number of anilines is 1. The van der Waals surface area contributed by atoms with Crippen molar-refractivity contribution in [3.63, 3.8) is 0 Å². The second kappa shape index (κ2) is 4.78. The van der Waals surface area contributed by atoms with Gasteiger partial charge < -0.3 is 0 Å². The van der Waals surface area contributed by atoms with Crippen molar-refractivity contribution in [2.75, 3.05) is 12.1 Å². The van der Waals surface area contributed by atoms with Crippen LogP contribution in [-0.4, -0.2) is 6.61 Å². The second-order valence-corrected chi connectivity index (χ2v) is 2.77. The lowest BCUT2D eigenvalue weighted by atomic mass is 10.2. The first kappa shape index (κ1) is 9.07. The maximum atomic E-state index is 5.20. The molecule has 2 nitrogen and oxygen atoms in total. The largest absolute Gasteiger partial charge is 0.276 e. The molecule has 0 aliphatic rings. The Bertz CT molecular complexity index is 235. The Labute approximate surface area is 73.5 Å². The standard InChI is InChI=1S/C10H15NO/c1-3-8-12-11-10-7-5-4-6-9(10)2/h4-7,11H,3,8H2,1-2H3. The lowest BCUT2D eigenvalue weighted by Gasteiger charge is -2.07. The highest BCUT2D eigenvalue weighted by Crippen LogP contribution is 2.12. The van der Waals surface area contributed by atoms with Crippen LogP contribution < -0.4 is 5.48 Å². The van der Waals surface area contributed by atoms with E-state index in [9.17, 15) is 0 Å². The summed E-state index contributed by atoms with van der Waals surface area (Å²) in [4.78, 5) is 5.20. The van der Waals surface area contributed by atoms with E-state index in [1.807, 2.05) is 18.2 Å². The molecule has 0 heterocycles. The number of para-hydroxylation sites is 1. The van der Waals surface area contributed by atoms with Gasteiger partial charge in [-0.25, -0.2) is 0 Å². The van der Waals surface area contributed by atoms with Crippen LogP contribution in [0.25, 0.3) is 0 Å². The normalized spacial score (nSPS) is 9.83. The van der Waals surface area contributed by atoms with Crippen LogP contribution in [0, 0.1) is 6.92 Å². The molecule has 1 aromatic carbocycles. The number of hydrogen-bond donors (Lipinski definition) is 1. The van der Waals surface area contributed by atoms with E-state index >= 15 is 0 Å². The summed E-state index contributed by atoms with van der Waals surface area (Å²) in [7, 11) is 0. The molecule has 0 atom stereocenters. The molecule has 1 N–H and O–H groups in total. The summed E-state index contributed by atoms with van der Waals surface area (Å²) in [6.07, 6.45) is 1.03. The van der Waals surface area contributed by atoms with Crippen molar-refractivity contribution >= 4 is 5.69 Å². The SMILES string of the molecule is CCCONc1ccccc1C. The van der Waals surface area contributed by atoms with Gasteiger partial charge in [0.05, 0.1) is 12.3 Å². The van der Waals surface area contributed by atoms with E-state index in [0.29, 0.717) is 0 Å². The topological polar surface area (TPSA) is 21.3 Å². The van der Waals surface area contributed by atoms with Crippen LogP contribution in [0.4, 0.5) is 5.69 Å². The summed E-state index contributed by atoms with van der Waals surface area (Å²) in [6.45, 7) is 4.88. The van der Waals surface area contributed by atoms with Crippen LogP contribution in [0.15, 0.2) is 24.3 Å². The molecular formula is C10H15NO. The average molecular weight is 165 g/mol. The minimum Gasteiger partial charge on any atom is -0.276 e. The zero-order chi connectivity index (χ0) is 8.81. The minimum absolute atomic E-state index is 0.744. The molecule has 0 saturated carbocycles. The number of rotatable bonds is 4. The van der Waals surface area contributed by atoms with Crippen molar-refractivity contribution in [3.8, 4) is 0 Å². The van der Waals surface area contributed by atoms with Crippen molar-refractivity contribution in [3.05, 3.63) is 29.8 Å². The summed E-state index contributed by atoms with van der Waals surface area (Å²) in [5.41, 5.74) is 5.16. The fourth-order valence-electron chi connectivity index (χ4n) is 0.918. The maximum absolute atomic E-state index is 5.20. The number of benzene rings is 1. The Kier molecular flexibility index (Phi) is 3.61. The fourth-order valence-corrected chi connectivity index (χ4v) is 0.918. The van der Waals surface area contributed by atoms with E-state index < -0.39 is 0 Å². The molecule has 0 radical (unpaired) electrons. The number of aryl methyl sites for hydroxylation is 1. The molecular weight excluding hydrogens is 150 g/mol. The predicted molar refractivity (Wildman–Crippen MR) is 51.0 cm³/mol. The Morgan fingerprint density at radius 3 is 2.75 bits per heavy atom. The van der Waals surface area contributed by atoms with Crippen molar-refractivity contribution in [1.82, 2.24) is 0 Å². The van der Waals surface area contributed by atoms with Crippen molar-refractivity contribution in [2.24, 2.45) is 0 Å². The van der Waals surface area contributed by atoms with E-state index in [1.54, 1.807) is 0 Å². The van der Waals surface area contributed by atoms with Crippen LogP contribution in [0.3, 0.4) is 0 Å². The van der Waals surface area contributed by atoms with Gasteiger partial charge >= 0.3 is 0 Å². The van der Waals surface area contributed by atoms with Gasteiger partial charge in [0.2, 0.25) is 0 Å². The average Bonchev–Trinajstić information content (AvgIpc) is 2.09. The summed E-state index contributed by atoms with van der Waals surface area (Å²) >= 11 is 0. The lowest BCUT2D eigenvalue weighted by Crippen LogP contribution is -2.02. The van der Waals surface area contributed by atoms with Crippen LogP contribution in [0.1, 0.15) is 18.9 Å². The van der Waals surface area contributed by atoms with Gasteiger partial charge in [0.1, 0.15) is 0 Å². The first-order valence-corrected chi connectivity index (χ1v) is 4.28. The number of nitrogens with one attached hydrogen (secondary N) is 1. The minimum atomic E-state index is 0.744.